The van der Waals surface area contributed by atoms with Crippen molar-refractivity contribution >= 4 is 39.5 Å². The number of aliphatic hydroxyl groups is 1. The van der Waals surface area contributed by atoms with Gasteiger partial charge < -0.3 is 33.8 Å². The molecule has 0 aromatic heterocycles. The number of phosphoric ester groups is 2. The van der Waals surface area contributed by atoms with Crippen LogP contribution in [0.5, 0.6) is 0 Å². The zero-order valence-electron chi connectivity index (χ0n) is 66.2. The van der Waals surface area contributed by atoms with Gasteiger partial charge in [-0.15, -0.1) is 0 Å². The van der Waals surface area contributed by atoms with Crippen molar-refractivity contribution in [1.29, 1.82) is 0 Å². The zero-order chi connectivity index (χ0) is 74.2. The van der Waals surface area contributed by atoms with E-state index in [-0.39, 0.29) is 25.7 Å². The maximum absolute atomic E-state index is 13.1. The van der Waals surface area contributed by atoms with Gasteiger partial charge in [-0.05, 0) is 37.5 Å². The third-order valence-electron chi connectivity index (χ3n) is 19.6. The van der Waals surface area contributed by atoms with Gasteiger partial charge in [-0.1, -0.05) is 382 Å². The molecule has 0 spiro atoms. The predicted octanol–water partition coefficient (Wildman–Crippen LogP) is 24.7. The van der Waals surface area contributed by atoms with E-state index in [9.17, 15) is 43.2 Å². The van der Waals surface area contributed by atoms with E-state index in [1.807, 2.05) is 0 Å². The smallest absolute Gasteiger partial charge is 0.462 e. The van der Waals surface area contributed by atoms with E-state index in [1.54, 1.807) is 0 Å². The second-order valence-corrected chi connectivity index (χ2v) is 33.1. The maximum atomic E-state index is 13.1. The Bertz CT molecular complexity index is 1940. The zero-order valence-corrected chi connectivity index (χ0v) is 68.0. The van der Waals surface area contributed by atoms with Crippen LogP contribution in [0.3, 0.4) is 0 Å². The number of aliphatic hydroxyl groups excluding tert-OH is 1. The largest absolute Gasteiger partial charge is 0.472 e. The topological polar surface area (TPSA) is 237 Å². The number of unbranched alkanes of at least 4 members (excludes halogenated alkanes) is 50. The minimum absolute atomic E-state index is 0.106. The highest BCUT2D eigenvalue weighted by Crippen LogP contribution is 2.45. The van der Waals surface area contributed by atoms with Crippen LogP contribution in [0.4, 0.5) is 0 Å². The standard InChI is InChI=1S/C82H160O17P2/c1-7-10-12-14-16-18-20-22-24-25-26-27-28-29-31-33-35-40-48-54-60-66-81(86)98-77(70-92-79(84)64-58-52-46-39-34-32-30-23-21-19-17-15-13-11-8-2)72-96-100(88,89)94-68-76(83)69-95-101(90,91)97-73-78(71-93-80(85)65-59-53-47-43-42-44-50-56-62-74(4)5)99-82(87)67-61-55-49-41-37-36-38-45-51-57-63-75(6)9-3/h74-78,83H,7-73H2,1-6H3,(H,88,89)(H,90,91)/t75?,76-,77-,78-/m1/s1. The summed E-state index contributed by atoms with van der Waals surface area (Å²) in [6, 6.07) is 0. The van der Waals surface area contributed by atoms with Crippen LogP contribution < -0.4 is 0 Å². The molecule has 0 aromatic rings. The second kappa shape index (κ2) is 73.6. The van der Waals surface area contributed by atoms with Gasteiger partial charge in [0.2, 0.25) is 0 Å². The third kappa shape index (κ3) is 74.7. The molecule has 3 unspecified atom stereocenters. The lowest BCUT2D eigenvalue weighted by atomic mass is 9.99. The molecule has 0 aliphatic heterocycles. The third-order valence-corrected chi connectivity index (χ3v) is 21.5. The molecule has 0 saturated carbocycles. The van der Waals surface area contributed by atoms with Gasteiger partial charge in [0.1, 0.15) is 19.3 Å². The fourth-order valence-electron chi connectivity index (χ4n) is 12.7. The van der Waals surface area contributed by atoms with Crippen LogP contribution in [0.15, 0.2) is 0 Å². The molecule has 0 fully saturated rings. The molecule has 0 aliphatic rings. The second-order valence-electron chi connectivity index (χ2n) is 30.2. The molecule has 3 N–H and O–H groups in total. The van der Waals surface area contributed by atoms with Crippen LogP contribution in [0.1, 0.15) is 433 Å². The molecule has 6 atom stereocenters. The lowest BCUT2D eigenvalue weighted by Crippen LogP contribution is -2.30. The molecule has 600 valence electrons. The number of carbonyl (C=O) groups excluding carboxylic acids is 4. The molecule has 0 amide bonds. The number of hydrogen-bond donors (Lipinski definition) is 3. The number of carbonyl (C=O) groups is 4. The normalized spacial score (nSPS) is 14.2. The number of hydrogen-bond acceptors (Lipinski definition) is 15. The minimum Gasteiger partial charge on any atom is -0.462 e. The first-order chi connectivity index (χ1) is 48.9. The number of phosphoric acid groups is 2. The van der Waals surface area contributed by atoms with E-state index in [2.05, 4.69) is 41.5 Å². The van der Waals surface area contributed by atoms with Gasteiger partial charge in [0.05, 0.1) is 26.4 Å². The fraction of sp³-hybridized carbons (Fsp3) is 0.951. The summed E-state index contributed by atoms with van der Waals surface area (Å²) < 4.78 is 68.8. The Morgan fingerprint density at radius 3 is 0.752 bits per heavy atom. The van der Waals surface area contributed by atoms with Gasteiger partial charge >= 0.3 is 39.5 Å². The summed E-state index contributed by atoms with van der Waals surface area (Å²) in [5, 5.41) is 10.6. The Hall–Kier alpha value is -1.94. The molecule has 0 heterocycles. The van der Waals surface area contributed by atoms with Crippen LogP contribution in [0.2, 0.25) is 0 Å². The van der Waals surface area contributed by atoms with Crippen LogP contribution in [0, 0.1) is 11.8 Å². The maximum Gasteiger partial charge on any atom is 0.472 e. The van der Waals surface area contributed by atoms with Crippen molar-refractivity contribution in [2.24, 2.45) is 11.8 Å². The average Bonchev–Trinajstić information content (AvgIpc) is 0.953. The number of esters is 4. The summed E-state index contributed by atoms with van der Waals surface area (Å²) in [6.45, 7) is 9.63. The molecule has 0 bridgehead atoms. The van der Waals surface area contributed by atoms with Gasteiger partial charge in [-0.3, -0.25) is 37.3 Å². The first-order valence-electron chi connectivity index (χ1n) is 42.5. The van der Waals surface area contributed by atoms with E-state index >= 15 is 0 Å². The van der Waals surface area contributed by atoms with Crippen molar-refractivity contribution in [2.75, 3.05) is 39.6 Å². The van der Waals surface area contributed by atoms with Crippen molar-refractivity contribution in [2.45, 2.75) is 452 Å². The monoisotopic (exact) mass is 1480 g/mol. The van der Waals surface area contributed by atoms with Gasteiger partial charge in [0.25, 0.3) is 0 Å². The van der Waals surface area contributed by atoms with Gasteiger partial charge in [-0.2, -0.15) is 0 Å². The Balaban J connectivity index is 5.23. The van der Waals surface area contributed by atoms with E-state index in [4.69, 9.17) is 37.0 Å². The van der Waals surface area contributed by atoms with E-state index in [1.165, 1.54) is 250 Å². The number of ether oxygens (including phenoxy) is 4. The van der Waals surface area contributed by atoms with Crippen molar-refractivity contribution in [3.63, 3.8) is 0 Å². The molecule has 0 aliphatic carbocycles. The Labute approximate surface area is 619 Å². The van der Waals surface area contributed by atoms with Gasteiger partial charge in [-0.25, -0.2) is 9.13 Å². The molecule has 0 radical (unpaired) electrons. The fourth-order valence-corrected chi connectivity index (χ4v) is 14.3. The molecular formula is C82H160O17P2. The van der Waals surface area contributed by atoms with Crippen LogP contribution in [0.25, 0.3) is 0 Å². The first kappa shape index (κ1) is 99.1. The highest BCUT2D eigenvalue weighted by molar-refractivity contribution is 7.47. The Morgan fingerprint density at radius 1 is 0.287 bits per heavy atom. The summed E-state index contributed by atoms with van der Waals surface area (Å²) >= 11 is 0. The SMILES string of the molecule is CCCCCCCCCCCCCCCCCCCCCCCC(=O)O[C@H](COC(=O)CCCCCCCCCCCCCCCCC)COP(=O)(O)OC[C@@H](O)COP(=O)(O)OC[C@@H](COC(=O)CCCCCCCCCCC(C)C)OC(=O)CCCCCCCCCCCCC(C)CC. The molecule has 17 nitrogen and oxygen atoms in total. The van der Waals surface area contributed by atoms with Gasteiger partial charge in [0.15, 0.2) is 12.2 Å². The highest BCUT2D eigenvalue weighted by atomic mass is 31.2. The van der Waals surface area contributed by atoms with E-state index in [0.29, 0.717) is 25.7 Å². The minimum atomic E-state index is -4.96. The Morgan fingerprint density at radius 2 is 0.505 bits per heavy atom. The lowest BCUT2D eigenvalue weighted by molar-refractivity contribution is -0.161. The predicted molar refractivity (Wildman–Crippen MR) is 414 cm³/mol. The van der Waals surface area contributed by atoms with Crippen molar-refractivity contribution in [3.05, 3.63) is 0 Å². The quantitative estimate of drug-likeness (QED) is 0.0222. The summed E-state index contributed by atoms with van der Waals surface area (Å²) in [4.78, 5) is 73.1. The first-order valence-corrected chi connectivity index (χ1v) is 45.5. The lowest BCUT2D eigenvalue weighted by Gasteiger charge is -2.21. The van der Waals surface area contributed by atoms with Crippen molar-refractivity contribution < 1.29 is 80.2 Å². The Kier molecular flexibility index (Phi) is 72.2. The van der Waals surface area contributed by atoms with Crippen LogP contribution in [-0.2, 0) is 65.4 Å². The van der Waals surface area contributed by atoms with Crippen molar-refractivity contribution in [3.8, 4) is 0 Å². The number of rotatable bonds is 81. The highest BCUT2D eigenvalue weighted by Gasteiger charge is 2.30. The molecule has 0 aromatic carbocycles. The van der Waals surface area contributed by atoms with Crippen LogP contribution in [-0.4, -0.2) is 96.7 Å². The summed E-state index contributed by atoms with van der Waals surface area (Å²) in [5.74, 6) is -0.579. The summed E-state index contributed by atoms with van der Waals surface area (Å²) in [7, 11) is -9.92. The molecule has 101 heavy (non-hydrogen) atoms. The summed E-state index contributed by atoms with van der Waals surface area (Å²) in [5.41, 5.74) is 0. The van der Waals surface area contributed by atoms with Crippen LogP contribution >= 0.6 is 15.6 Å². The van der Waals surface area contributed by atoms with Crippen molar-refractivity contribution in [1.82, 2.24) is 0 Å². The van der Waals surface area contributed by atoms with E-state index < -0.39 is 97.5 Å². The summed E-state index contributed by atoms with van der Waals surface area (Å²) in [6.07, 6.45) is 63.8. The van der Waals surface area contributed by atoms with E-state index in [0.717, 1.165) is 102 Å². The molecular weight excluding hydrogens is 1320 g/mol. The molecule has 19 heteroatoms. The molecule has 0 saturated heterocycles. The molecule has 0 rings (SSSR count). The average molecular weight is 1480 g/mol. The van der Waals surface area contributed by atoms with Gasteiger partial charge in [0, 0.05) is 25.7 Å².